The molecule has 2 aromatic heterocycles. The first-order valence-electron chi connectivity index (χ1n) is 6.12. The van der Waals surface area contributed by atoms with E-state index in [1.165, 1.54) is 17.9 Å². The molecule has 100 valence electrons. The molecule has 0 saturated heterocycles. The maximum atomic E-state index is 5.71. The van der Waals surface area contributed by atoms with Crippen LogP contribution >= 0.6 is 23.1 Å². The lowest BCUT2D eigenvalue weighted by Crippen LogP contribution is -2.21. The largest absolute Gasteiger partial charge is 0.358 e. The number of imidazole rings is 1. The van der Waals surface area contributed by atoms with E-state index in [0.29, 0.717) is 6.54 Å². The standard InChI is InChI=1S/C12H20N4S2/c1-15(6-3-8-17-2)11-10(4-5-13)16-7-9-18-12(16)14-11/h7,9H,3-6,8,13H2,1-2H3. The topological polar surface area (TPSA) is 46.6 Å². The third-order valence-corrected chi connectivity index (χ3v) is 4.38. The van der Waals surface area contributed by atoms with Crippen LogP contribution in [-0.2, 0) is 6.42 Å². The number of fused-ring (bicyclic) bond motifs is 1. The van der Waals surface area contributed by atoms with E-state index in [9.17, 15) is 0 Å². The van der Waals surface area contributed by atoms with Gasteiger partial charge < -0.3 is 10.6 Å². The van der Waals surface area contributed by atoms with E-state index in [1.807, 2.05) is 11.8 Å². The van der Waals surface area contributed by atoms with Gasteiger partial charge in [-0.25, -0.2) is 4.98 Å². The fourth-order valence-electron chi connectivity index (χ4n) is 2.05. The predicted molar refractivity (Wildman–Crippen MR) is 82.1 cm³/mol. The van der Waals surface area contributed by atoms with Gasteiger partial charge in [0.2, 0.25) is 0 Å². The number of anilines is 1. The molecule has 4 nitrogen and oxygen atoms in total. The summed E-state index contributed by atoms with van der Waals surface area (Å²) >= 11 is 3.56. The highest BCUT2D eigenvalue weighted by molar-refractivity contribution is 7.98. The molecule has 6 heteroatoms. The SMILES string of the molecule is CSCCCN(C)c1nc2sccn2c1CCN. The van der Waals surface area contributed by atoms with Gasteiger partial charge in [0.25, 0.3) is 0 Å². The first-order chi connectivity index (χ1) is 8.77. The van der Waals surface area contributed by atoms with E-state index in [1.54, 1.807) is 11.3 Å². The average Bonchev–Trinajstić information content (AvgIpc) is 2.92. The molecule has 0 spiro atoms. The Bertz CT molecular complexity index is 491. The normalized spacial score (nSPS) is 11.3. The fraction of sp³-hybridized carbons (Fsp3) is 0.583. The summed E-state index contributed by atoms with van der Waals surface area (Å²) in [6.45, 7) is 1.71. The lowest BCUT2D eigenvalue weighted by molar-refractivity contribution is 0.827. The Balaban J connectivity index is 2.19. The minimum absolute atomic E-state index is 0.662. The molecule has 0 aliphatic rings. The van der Waals surface area contributed by atoms with Crippen LogP contribution in [0.3, 0.4) is 0 Å². The predicted octanol–water partition coefficient (Wildman–Crippen LogP) is 2.09. The molecule has 2 aromatic rings. The number of thioether (sulfide) groups is 1. The van der Waals surface area contributed by atoms with E-state index in [4.69, 9.17) is 10.7 Å². The van der Waals surface area contributed by atoms with Crippen molar-refractivity contribution in [3.63, 3.8) is 0 Å². The van der Waals surface area contributed by atoms with Gasteiger partial charge in [-0.15, -0.1) is 11.3 Å². The Hall–Kier alpha value is -0.720. The molecular formula is C12H20N4S2. The van der Waals surface area contributed by atoms with Crippen molar-refractivity contribution < 1.29 is 0 Å². The number of aromatic nitrogens is 2. The molecule has 0 bridgehead atoms. The van der Waals surface area contributed by atoms with Crippen LogP contribution in [0.2, 0.25) is 0 Å². The molecule has 0 aliphatic heterocycles. The van der Waals surface area contributed by atoms with Gasteiger partial charge in [0.1, 0.15) is 0 Å². The molecule has 0 aromatic carbocycles. The molecule has 2 rings (SSSR count). The molecule has 2 heterocycles. The molecular weight excluding hydrogens is 264 g/mol. The van der Waals surface area contributed by atoms with Crippen molar-refractivity contribution in [1.29, 1.82) is 0 Å². The maximum absolute atomic E-state index is 5.71. The van der Waals surface area contributed by atoms with Gasteiger partial charge in [0.15, 0.2) is 10.8 Å². The maximum Gasteiger partial charge on any atom is 0.195 e. The lowest BCUT2D eigenvalue weighted by atomic mass is 10.3. The van der Waals surface area contributed by atoms with Crippen LogP contribution in [0, 0.1) is 0 Å². The second-order valence-corrected chi connectivity index (χ2v) is 6.10. The number of hydrogen-bond acceptors (Lipinski definition) is 5. The molecule has 0 amide bonds. The van der Waals surface area contributed by atoms with E-state index < -0.39 is 0 Å². The van der Waals surface area contributed by atoms with Crippen LogP contribution in [-0.4, -0.2) is 41.5 Å². The van der Waals surface area contributed by atoms with Crippen molar-refractivity contribution in [2.75, 3.05) is 37.0 Å². The van der Waals surface area contributed by atoms with E-state index in [2.05, 4.69) is 34.2 Å². The van der Waals surface area contributed by atoms with E-state index >= 15 is 0 Å². The van der Waals surface area contributed by atoms with Gasteiger partial charge in [0.05, 0.1) is 5.69 Å². The summed E-state index contributed by atoms with van der Waals surface area (Å²) < 4.78 is 2.16. The van der Waals surface area contributed by atoms with Gasteiger partial charge in [-0.05, 0) is 25.0 Å². The monoisotopic (exact) mass is 284 g/mol. The van der Waals surface area contributed by atoms with Crippen molar-refractivity contribution in [2.24, 2.45) is 5.73 Å². The molecule has 0 fully saturated rings. The van der Waals surface area contributed by atoms with Gasteiger partial charge in [-0.1, -0.05) is 0 Å². The third kappa shape index (κ3) is 2.81. The zero-order chi connectivity index (χ0) is 13.0. The quantitative estimate of drug-likeness (QED) is 0.791. The van der Waals surface area contributed by atoms with Crippen molar-refractivity contribution in [2.45, 2.75) is 12.8 Å². The Labute approximate surface area is 116 Å². The Kier molecular flexibility index (Phi) is 4.91. The summed E-state index contributed by atoms with van der Waals surface area (Å²) in [4.78, 5) is 8.03. The number of hydrogen-bond donors (Lipinski definition) is 1. The molecule has 0 radical (unpaired) electrons. The fourth-order valence-corrected chi connectivity index (χ4v) is 3.19. The summed E-state index contributed by atoms with van der Waals surface area (Å²) in [5.74, 6) is 2.28. The number of nitrogens with two attached hydrogens (primary N) is 1. The number of nitrogens with zero attached hydrogens (tertiary/aromatic N) is 3. The van der Waals surface area contributed by atoms with Crippen LogP contribution in [0.25, 0.3) is 4.96 Å². The summed E-state index contributed by atoms with van der Waals surface area (Å²) in [5.41, 5.74) is 6.95. The third-order valence-electron chi connectivity index (χ3n) is 2.92. The van der Waals surface area contributed by atoms with Crippen LogP contribution in [0.1, 0.15) is 12.1 Å². The number of rotatable bonds is 7. The van der Waals surface area contributed by atoms with Crippen molar-refractivity contribution >= 4 is 33.9 Å². The Morgan fingerprint density at radius 1 is 1.56 bits per heavy atom. The van der Waals surface area contributed by atoms with Crippen LogP contribution in [0.4, 0.5) is 5.82 Å². The molecule has 18 heavy (non-hydrogen) atoms. The van der Waals surface area contributed by atoms with Crippen LogP contribution in [0.5, 0.6) is 0 Å². The summed E-state index contributed by atoms with van der Waals surface area (Å²) in [6.07, 6.45) is 6.29. The lowest BCUT2D eigenvalue weighted by Gasteiger charge is -2.18. The average molecular weight is 284 g/mol. The molecule has 0 atom stereocenters. The first-order valence-corrected chi connectivity index (χ1v) is 8.40. The van der Waals surface area contributed by atoms with E-state index in [0.717, 1.165) is 23.7 Å². The van der Waals surface area contributed by atoms with Gasteiger partial charge in [-0.2, -0.15) is 11.8 Å². The minimum Gasteiger partial charge on any atom is -0.358 e. The minimum atomic E-state index is 0.662. The highest BCUT2D eigenvalue weighted by atomic mass is 32.2. The van der Waals surface area contributed by atoms with Crippen LogP contribution < -0.4 is 10.6 Å². The van der Waals surface area contributed by atoms with Crippen molar-refractivity contribution in [3.05, 3.63) is 17.3 Å². The van der Waals surface area contributed by atoms with Crippen molar-refractivity contribution in [3.8, 4) is 0 Å². The van der Waals surface area contributed by atoms with Gasteiger partial charge >= 0.3 is 0 Å². The molecule has 0 unspecified atom stereocenters. The number of thiazole rings is 1. The summed E-state index contributed by atoms with van der Waals surface area (Å²) in [6, 6.07) is 0. The Morgan fingerprint density at radius 2 is 2.39 bits per heavy atom. The van der Waals surface area contributed by atoms with Crippen molar-refractivity contribution in [1.82, 2.24) is 9.38 Å². The first kappa shape index (κ1) is 13.7. The molecule has 2 N–H and O–H groups in total. The highest BCUT2D eigenvalue weighted by Crippen LogP contribution is 2.24. The van der Waals surface area contributed by atoms with Gasteiger partial charge in [-0.3, -0.25) is 4.40 Å². The zero-order valence-corrected chi connectivity index (χ0v) is 12.6. The van der Waals surface area contributed by atoms with Crippen LogP contribution in [0.15, 0.2) is 11.6 Å². The second-order valence-electron chi connectivity index (χ2n) is 4.24. The van der Waals surface area contributed by atoms with E-state index in [-0.39, 0.29) is 0 Å². The molecule has 0 saturated carbocycles. The Morgan fingerprint density at radius 3 is 3.11 bits per heavy atom. The smallest absolute Gasteiger partial charge is 0.195 e. The summed E-state index contributed by atoms with van der Waals surface area (Å²) in [7, 11) is 2.12. The van der Waals surface area contributed by atoms with Gasteiger partial charge in [0, 0.05) is 31.6 Å². The second kappa shape index (κ2) is 6.45. The zero-order valence-electron chi connectivity index (χ0n) is 10.9. The summed E-state index contributed by atoms with van der Waals surface area (Å²) in [5, 5.41) is 2.07. The molecule has 0 aliphatic carbocycles. The highest BCUT2D eigenvalue weighted by Gasteiger charge is 2.15.